The van der Waals surface area contributed by atoms with E-state index in [4.69, 9.17) is 11.6 Å². The van der Waals surface area contributed by atoms with Crippen LogP contribution in [0.4, 0.5) is 19.0 Å². The van der Waals surface area contributed by atoms with Crippen LogP contribution in [-0.4, -0.2) is 17.0 Å². The lowest BCUT2D eigenvalue weighted by Crippen LogP contribution is -2.12. The molecule has 90 valence electrons. The number of rotatable bonds is 1. The largest absolute Gasteiger partial charge is 0.451 e. The summed E-state index contributed by atoms with van der Waals surface area (Å²) in [5.74, 6) is -1.07. The highest BCUT2D eigenvalue weighted by Crippen LogP contribution is 2.31. The molecule has 2 rings (SSSR count). The molecule has 0 aliphatic rings. The molecule has 0 saturated carbocycles. The van der Waals surface area contributed by atoms with E-state index < -0.39 is 12.0 Å². The molecule has 3 nitrogen and oxygen atoms in total. The Morgan fingerprint density at radius 1 is 1.24 bits per heavy atom. The Bertz CT molecular complexity index is 568. The number of halogens is 4. The van der Waals surface area contributed by atoms with Gasteiger partial charge in [0.1, 0.15) is 5.82 Å². The number of hydrogen-bond donors (Lipinski definition) is 1. The first kappa shape index (κ1) is 11.9. The van der Waals surface area contributed by atoms with Crippen molar-refractivity contribution in [3.63, 3.8) is 0 Å². The molecule has 1 heterocycles. The molecular formula is C10H7ClF3N3. The summed E-state index contributed by atoms with van der Waals surface area (Å²) in [6.07, 6.45) is -4.57. The minimum absolute atomic E-state index is 0.102. The van der Waals surface area contributed by atoms with Crippen molar-refractivity contribution in [1.82, 2.24) is 9.97 Å². The van der Waals surface area contributed by atoms with E-state index in [0.717, 1.165) is 0 Å². The third-order valence-electron chi connectivity index (χ3n) is 2.15. The zero-order valence-electron chi connectivity index (χ0n) is 8.64. The van der Waals surface area contributed by atoms with Crippen molar-refractivity contribution in [3.8, 4) is 0 Å². The van der Waals surface area contributed by atoms with Crippen LogP contribution in [0.25, 0.3) is 10.9 Å². The van der Waals surface area contributed by atoms with Gasteiger partial charge in [-0.2, -0.15) is 13.2 Å². The predicted octanol–water partition coefficient (Wildman–Crippen LogP) is 3.34. The second-order valence-corrected chi connectivity index (χ2v) is 3.74. The molecule has 7 heteroatoms. The van der Waals surface area contributed by atoms with Gasteiger partial charge < -0.3 is 5.32 Å². The molecule has 0 bridgehead atoms. The molecule has 0 amide bonds. The molecule has 1 aromatic heterocycles. The lowest BCUT2D eigenvalue weighted by Gasteiger charge is -2.10. The maximum absolute atomic E-state index is 12.5. The molecule has 0 radical (unpaired) electrons. The van der Waals surface area contributed by atoms with Crippen molar-refractivity contribution in [2.45, 2.75) is 6.18 Å². The van der Waals surface area contributed by atoms with Gasteiger partial charge in [-0.1, -0.05) is 11.6 Å². The number of alkyl halides is 3. The van der Waals surface area contributed by atoms with Crippen LogP contribution >= 0.6 is 11.6 Å². The summed E-state index contributed by atoms with van der Waals surface area (Å²) in [5.41, 5.74) is 0.195. The van der Waals surface area contributed by atoms with E-state index in [1.807, 2.05) is 0 Å². The van der Waals surface area contributed by atoms with Gasteiger partial charge in [-0.3, -0.25) is 0 Å². The van der Waals surface area contributed by atoms with Gasteiger partial charge in [0.15, 0.2) is 0 Å². The predicted molar refractivity (Wildman–Crippen MR) is 59.1 cm³/mol. The van der Waals surface area contributed by atoms with Crippen molar-refractivity contribution in [1.29, 1.82) is 0 Å². The summed E-state index contributed by atoms with van der Waals surface area (Å²) in [6.45, 7) is 0. The van der Waals surface area contributed by atoms with Crippen LogP contribution in [-0.2, 0) is 6.18 Å². The van der Waals surface area contributed by atoms with Crippen LogP contribution in [0, 0.1) is 0 Å². The van der Waals surface area contributed by atoms with Gasteiger partial charge >= 0.3 is 6.18 Å². The fourth-order valence-electron chi connectivity index (χ4n) is 1.42. The minimum atomic E-state index is -4.57. The van der Waals surface area contributed by atoms with Gasteiger partial charge in [0, 0.05) is 17.5 Å². The molecule has 0 atom stereocenters. The van der Waals surface area contributed by atoms with E-state index in [1.165, 1.54) is 25.2 Å². The van der Waals surface area contributed by atoms with Crippen molar-refractivity contribution in [3.05, 3.63) is 29.0 Å². The molecule has 0 saturated heterocycles. The summed E-state index contributed by atoms with van der Waals surface area (Å²) in [5, 5.41) is 3.47. The fraction of sp³-hybridized carbons (Fsp3) is 0.200. The lowest BCUT2D eigenvalue weighted by molar-refractivity contribution is -0.144. The van der Waals surface area contributed by atoms with Crippen LogP contribution in [0.3, 0.4) is 0 Å². The normalized spacial score (nSPS) is 11.8. The summed E-state index contributed by atoms with van der Waals surface area (Å²) in [6, 6.07) is 4.43. The van der Waals surface area contributed by atoms with Crippen molar-refractivity contribution < 1.29 is 13.2 Å². The van der Waals surface area contributed by atoms with E-state index in [9.17, 15) is 13.2 Å². The topological polar surface area (TPSA) is 37.8 Å². The number of benzene rings is 1. The fourth-order valence-corrected chi connectivity index (χ4v) is 1.59. The average Bonchev–Trinajstić information content (AvgIpc) is 2.26. The van der Waals surface area contributed by atoms with Crippen molar-refractivity contribution in [2.75, 3.05) is 12.4 Å². The smallest absolute Gasteiger partial charge is 0.373 e. The van der Waals surface area contributed by atoms with Gasteiger partial charge in [0.05, 0.1) is 5.52 Å². The number of aromatic nitrogens is 2. The quantitative estimate of drug-likeness (QED) is 0.855. The first-order valence-corrected chi connectivity index (χ1v) is 5.02. The van der Waals surface area contributed by atoms with Crippen LogP contribution in [0.1, 0.15) is 5.82 Å². The molecule has 1 N–H and O–H groups in total. The van der Waals surface area contributed by atoms with E-state index in [0.29, 0.717) is 10.4 Å². The SMILES string of the molecule is CNc1nc(C(F)(F)F)nc2ccc(Cl)cc12. The molecule has 0 spiro atoms. The van der Waals surface area contributed by atoms with Crippen molar-refractivity contribution >= 4 is 28.3 Å². The van der Waals surface area contributed by atoms with Crippen LogP contribution in [0.2, 0.25) is 5.02 Å². The standard InChI is InChI=1S/C10H7ClF3N3/c1-15-8-6-4-5(11)2-3-7(6)16-9(17-8)10(12,13)14/h2-4H,1H3,(H,15,16,17). The Balaban J connectivity index is 2.75. The van der Waals surface area contributed by atoms with Crippen LogP contribution < -0.4 is 5.32 Å². The number of hydrogen-bond acceptors (Lipinski definition) is 3. The summed E-state index contributed by atoms with van der Waals surface area (Å²) < 4.78 is 37.6. The van der Waals surface area contributed by atoms with E-state index in [2.05, 4.69) is 15.3 Å². The van der Waals surface area contributed by atoms with E-state index in [-0.39, 0.29) is 11.3 Å². The molecule has 0 aliphatic carbocycles. The maximum Gasteiger partial charge on any atom is 0.451 e. The average molecular weight is 262 g/mol. The zero-order valence-corrected chi connectivity index (χ0v) is 9.39. The maximum atomic E-state index is 12.5. The molecule has 0 fully saturated rings. The summed E-state index contributed by atoms with van der Waals surface area (Å²) >= 11 is 5.77. The summed E-state index contributed by atoms with van der Waals surface area (Å²) in [7, 11) is 1.49. The highest BCUT2D eigenvalue weighted by molar-refractivity contribution is 6.31. The number of nitrogens with one attached hydrogen (secondary N) is 1. The lowest BCUT2D eigenvalue weighted by atomic mass is 10.2. The van der Waals surface area contributed by atoms with Crippen LogP contribution in [0.5, 0.6) is 0 Å². The van der Waals surface area contributed by atoms with Gasteiger partial charge in [-0.25, -0.2) is 9.97 Å². The number of nitrogens with zero attached hydrogens (tertiary/aromatic N) is 2. The number of fused-ring (bicyclic) bond motifs is 1. The van der Waals surface area contributed by atoms with Crippen molar-refractivity contribution in [2.24, 2.45) is 0 Å². The summed E-state index contributed by atoms with van der Waals surface area (Å²) in [4.78, 5) is 6.89. The Morgan fingerprint density at radius 2 is 1.94 bits per heavy atom. The second kappa shape index (κ2) is 4.03. The highest BCUT2D eigenvalue weighted by atomic mass is 35.5. The molecule has 17 heavy (non-hydrogen) atoms. The Kier molecular flexibility index (Phi) is 2.82. The van der Waals surface area contributed by atoms with Gasteiger partial charge in [-0.15, -0.1) is 0 Å². The third kappa shape index (κ3) is 2.26. The van der Waals surface area contributed by atoms with E-state index >= 15 is 0 Å². The monoisotopic (exact) mass is 261 g/mol. The number of anilines is 1. The molecule has 0 unspecified atom stereocenters. The molecule has 1 aromatic carbocycles. The van der Waals surface area contributed by atoms with Crippen LogP contribution in [0.15, 0.2) is 18.2 Å². The second-order valence-electron chi connectivity index (χ2n) is 3.31. The highest BCUT2D eigenvalue weighted by Gasteiger charge is 2.35. The Morgan fingerprint density at radius 3 is 2.53 bits per heavy atom. The molecule has 0 aliphatic heterocycles. The first-order valence-electron chi connectivity index (χ1n) is 4.64. The first-order chi connectivity index (χ1) is 7.91. The zero-order chi connectivity index (χ0) is 12.6. The molecule has 2 aromatic rings. The minimum Gasteiger partial charge on any atom is -0.373 e. The Labute approximate surface area is 99.6 Å². The van der Waals surface area contributed by atoms with E-state index in [1.54, 1.807) is 0 Å². The van der Waals surface area contributed by atoms with Gasteiger partial charge in [-0.05, 0) is 18.2 Å². The van der Waals surface area contributed by atoms with Gasteiger partial charge in [0.25, 0.3) is 0 Å². The Hall–Kier alpha value is -1.56. The van der Waals surface area contributed by atoms with Gasteiger partial charge in [0.2, 0.25) is 5.82 Å². The third-order valence-corrected chi connectivity index (χ3v) is 2.38. The molecular weight excluding hydrogens is 255 g/mol.